The molecule has 0 unspecified atom stereocenters. The molecular weight excluding hydrogens is 322 g/mol. The number of nitrogen functional groups attached to an aromatic ring is 1. The molecule has 1 aromatic carbocycles. The van der Waals surface area contributed by atoms with Gasteiger partial charge in [-0.15, -0.1) is 5.10 Å². The number of nitrogens with zero attached hydrogens (tertiary/aromatic N) is 4. The summed E-state index contributed by atoms with van der Waals surface area (Å²) in [6.45, 7) is 3.62. The third-order valence-electron chi connectivity index (χ3n) is 3.78. The highest BCUT2D eigenvalue weighted by atomic mass is 79.9. The largest absolute Gasteiger partial charge is 0.399 e. The summed E-state index contributed by atoms with van der Waals surface area (Å²) in [6.07, 6.45) is 1.79. The van der Waals surface area contributed by atoms with Crippen LogP contribution in [0.3, 0.4) is 0 Å². The van der Waals surface area contributed by atoms with Crippen LogP contribution < -0.4 is 5.73 Å². The van der Waals surface area contributed by atoms with Crippen molar-refractivity contribution in [3.05, 3.63) is 22.7 Å². The Balaban J connectivity index is 2.08. The van der Waals surface area contributed by atoms with Crippen LogP contribution in [0.15, 0.2) is 22.7 Å². The lowest BCUT2D eigenvalue weighted by Gasteiger charge is -2.33. The van der Waals surface area contributed by atoms with Crippen LogP contribution in [0.25, 0.3) is 11.4 Å². The maximum Gasteiger partial charge on any atom is 0.183 e. The SMILES string of the molecule is CC1(n2nnnc2-c2cc(N)ccc2Br)CCOCC1. The van der Waals surface area contributed by atoms with Crippen LogP contribution >= 0.6 is 15.9 Å². The summed E-state index contributed by atoms with van der Waals surface area (Å²) in [6, 6.07) is 5.64. The number of benzene rings is 1. The van der Waals surface area contributed by atoms with E-state index in [9.17, 15) is 0 Å². The fourth-order valence-electron chi connectivity index (χ4n) is 2.46. The van der Waals surface area contributed by atoms with Crippen LogP contribution in [0.2, 0.25) is 0 Å². The minimum absolute atomic E-state index is 0.124. The van der Waals surface area contributed by atoms with Crippen LogP contribution in [0.5, 0.6) is 0 Å². The van der Waals surface area contributed by atoms with E-state index in [1.165, 1.54) is 0 Å². The van der Waals surface area contributed by atoms with Crippen molar-refractivity contribution in [2.45, 2.75) is 25.3 Å². The molecule has 0 bridgehead atoms. The Labute approximate surface area is 125 Å². The van der Waals surface area contributed by atoms with Gasteiger partial charge in [0.25, 0.3) is 0 Å². The quantitative estimate of drug-likeness (QED) is 0.850. The Hall–Kier alpha value is -1.47. The first-order chi connectivity index (χ1) is 9.60. The lowest BCUT2D eigenvalue weighted by molar-refractivity contribution is 0.0240. The normalized spacial score (nSPS) is 18.1. The number of hydrogen-bond acceptors (Lipinski definition) is 5. The Morgan fingerprint density at radius 1 is 1.35 bits per heavy atom. The van der Waals surface area contributed by atoms with Crippen LogP contribution in [-0.2, 0) is 10.3 Å². The van der Waals surface area contributed by atoms with Crippen molar-refractivity contribution in [2.24, 2.45) is 0 Å². The van der Waals surface area contributed by atoms with E-state index in [0.717, 1.165) is 41.9 Å². The van der Waals surface area contributed by atoms with E-state index in [-0.39, 0.29) is 5.54 Å². The van der Waals surface area contributed by atoms with Crippen molar-refractivity contribution in [1.82, 2.24) is 20.2 Å². The van der Waals surface area contributed by atoms with E-state index in [2.05, 4.69) is 38.4 Å². The Bertz CT molecular complexity index is 621. The molecular formula is C13H16BrN5O. The molecule has 0 atom stereocenters. The highest BCUT2D eigenvalue weighted by Gasteiger charge is 2.33. The molecule has 1 fully saturated rings. The number of hydrogen-bond donors (Lipinski definition) is 1. The van der Waals surface area contributed by atoms with Gasteiger partial charge in [0, 0.05) is 28.9 Å². The number of anilines is 1. The lowest BCUT2D eigenvalue weighted by Crippen LogP contribution is -2.38. The van der Waals surface area contributed by atoms with E-state index in [0.29, 0.717) is 5.69 Å². The number of nitrogens with two attached hydrogens (primary N) is 1. The van der Waals surface area contributed by atoms with Crippen molar-refractivity contribution < 1.29 is 4.74 Å². The molecule has 20 heavy (non-hydrogen) atoms. The number of tetrazole rings is 1. The minimum atomic E-state index is -0.124. The first kappa shape index (κ1) is 13.5. The van der Waals surface area contributed by atoms with Gasteiger partial charge >= 0.3 is 0 Å². The van der Waals surface area contributed by atoms with E-state index in [1.807, 2.05) is 22.9 Å². The van der Waals surface area contributed by atoms with Gasteiger partial charge in [-0.25, -0.2) is 4.68 Å². The van der Waals surface area contributed by atoms with Gasteiger partial charge in [-0.1, -0.05) is 15.9 Å². The summed E-state index contributed by atoms with van der Waals surface area (Å²) in [5.41, 5.74) is 7.35. The fraction of sp³-hybridized carbons (Fsp3) is 0.462. The predicted molar refractivity (Wildman–Crippen MR) is 79.1 cm³/mol. The second kappa shape index (κ2) is 5.14. The van der Waals surface area contributed by atoms with Crippen LogP contribution in [0, 0.1) is 0 Å². The third-order valence-corrected chi connectivity index (χ3v) is 4.47. The highest BCUT2D eigenvalue weighted by Crippen LogP contribution is 2.34. The molecule has 0 aliphatic carbocycles. The third kappa shape index (κ3) is 2.31. The summed E-state index contributed by atoms with van der Waals surface area (Å²) >= 11 is 3.54. The molecule has 2 heterocycles. The molecule has 0 saturated carbocycles. The van der Waals surface area contributed by atoms with Crippen LogP contribution in [0.1, 0.15) is 19.8 Å². The fourth-order valence-corrected chi connectivity index (χ4v) is 2.88. The highest BCUT2D eigenvalue weighted by molar-refractivity contribution is 9.10. The molecule has 3 rings (SSSR count). The standard InChI is InChI=1S/C13H16BrN5O/c1-13(4-6-20-7-5-13)19-12(16-17-18-19)10-8-9(15)2-3-11(10)14/h2-3,8H,4-7,15H2,1H3. The molecule has 106 valence electrons. The van der Waals surface area contributed by atoms with Crippen molar-refractivity contribution in [3.8, 4) is 11.4 Å². The first-order valence-electron chi connectivity index (χ1n) is 6.52. The molecule has 0 radical (unpaired) electrons. The predicted octanol–water partition coefficient (Wildman–Crippen LogP) is 2.21. The van der Waals surface area contributed by atoms with Crippen LogP contribution in [0.4, 0.5) is 5.69 Å². The first-order valence-corrected chi connectivity index (χ1v) is 7.31. The summed E-state index contributed by atoms with van der Waals surface area (Å²) in [5, 5.41) is 12.2. The zero-order valence-electron chi connectivity index (χ0n) is 11.2. The van der Waals surface area contributed by atoms with Crippen molar-refractivity contribution in [3.63, 3.8) is 0 Å². The molecule has 2 N–H and O–H groups in total. The van der Waals surface area contributed by atoms with Crippen LogP contribution in [-0.4, -0.2) is 33.4 Å². The smallest absolute Gasteiger partial charge is 0.183 e. The van der Waals surface area contributed by atoms with Gasteiger partial charge in [0.05, 0.1) is 5.54 Å². The van der Waals surface area contributed by atoms with Gasteiger partial charge < -0.3 is 10.5 Å². The van der Waals surface area contributed by atoms with E-state index in [4.69, 9.17) is 10.5 Å². The van der Waals surface area contributed by atoms with E-state index in [1.54, 1.807) is 0 Å². The number of ether oxygens (including phenoxy) is 1. The number of halogens is 1. The zero-order chi connectivity index (χ0) is 14.2. The Morgan fingerprint density at radius 3 is 2.85 bits per heavy atom. The van der Waals surface area contributed by atoms with Crippen molar-refractivity contribution >= 4 is 21.6 Å². The number of aromatic nitrogens is 4. The summed E-state index contributed by atoms with van der Waals surface area (Å²) < 4.78 is 8.27. The van der Waals surface area contributed by atoms with Gasteiger partial charge in [0.1, 0.15) is 0 Å². The molecule has 1 saturated heterocycles. The molecule has 1 aliphatic rings. The van der Waals surface area contributed by atoms with Crippen molar-refractivity contribution in [1.29, 1.82) is 0 Å². The molecule has 2 aromatic rings. The van der Waals surface area contributed by atoms with E-state index < -0.39 is 0 Å². The van der Waals surface area contributed by atoms with Gasteiger partial charge in [0.2, 0.25) is 0 Å². The Morgan fingerprint density at radius 2 is 2.10 bits per heavy atom. The average molecular weight is 338 g/mol. The topological polar surface area (TPSA) is 78.9 Å². The summed E-state index contributed by atoms with van der Waals surface area (Å²) in [7, 11) is 0. The second-order valence-electron chi connectivity index (χ2n) is 5.26. The molecule has 7 heteroatoms. The molecule has 6 nitrogen and oxygen atoms in total. The van der Waals surface area contributed by atoms with Gasteiger partial charge in [-0.3, -0.25) is 0 Å². The molecule has 1 aromatic heterocycles. The van der Waals surface area contributed by atoms with E-state index >= 15 is 0 Å². The summed E-state index contributed by atoms with van der Waals surface area (Å²) in [4.78, 5) is 0. The Kier molecular flexibility index (Phi) is 3.47. The maximum absolute atomic E-state index is 5.88. The van der Waals surface area contributed by atoms with Gasteiger partial charge in [-0.2, -0.15) is 0 Å². The monoisotopic (exact) mass is 337 g/mol. The zero-order valence-corrected chi connectivity index (χ0v) is 12.8. The van der Waals surface area contributed by atoms with Gasteiger partial charge in [0.15, 0.2) is 5.82 Å². The minimum Gasteiger partial charge on any atom is -0.399 e. The van der Waals surface area contributed by atoms with Gasteiger partial charge in [-0.05, 0) is 48.4 Å². The number of rotatable bonds is 2. The average Bonchev–Trinajstić information content (AvgIpc) is 2.92. The lowest BCUT2D eigenvalue weighted by atomic mass is 9.92. The molecule has 1 aliphatic heterocycles. The second-order valence-corrected chi connectivity index (χ2v) is 6.12. The molecule has 0 spiro atoms. The molecule has 0 amide bonds. The summed E-state index contributed by atoms with van der Waals surface area (Å²) in [5.74, 6) is 0.730. The maximum atomic E-state index is 5.88. The van der Waals surface area contributed by atoms with Crippen molar-refractivity contribution in [2.75, 3.05) is 18.9 Å².